The van der Waals surface area contributed by atoms with Crippen LogP contribution in [-0.4, -0.2) is 54.5 Å². The number of hydrogen-bond acceptors (Lipinski definition) is 6. The molecule has 0 spiro atoms. The number of nitrogens with zero attached hydrogens (tertiary/aromatic N) is 1. The molecule has 8 nitrogen and oxygen atoms in total. The fourth-order valence-corrected chi connectivity index (χ4v) is 5.22. The third-order valence-electron chi connectivity index (χ3n) is 5.75. The number of hydrogen-bond donors (Lipinski definition) is 3. The van der Waals surface area contributed by atoms with Gasteiger partial charge in [0.25, 0.3) is 0 Å². The second kappa shape index (κ2) is 12.8. The van der Waals surface area contributed by atoms with Gasteiger partial charge in [0.15, 0.2) is 0 Å². The Hall–Kier alpha value is -2.49. The summed E-state index contributed by atoms with van der Waals surface area (Å²) in [5.41, 5.74) is 0.802. The molecule has 1 aromatic heterocycles. The van der Waals surface area contributed by atoms with E-state index < -0.39 is 6.04 Å². The van der Waals surface area contributed by atoms with Gasteiger partial charge in [-0.3, -0.25) is 14.4 Å². The monoisotopic (exact) mass is 506 g/mol. The van der Waals surface area contributed by atoms with E-state index in [1.165, 1.54) is 17.4 Å². The van der Waals surface area contributed by atoms with Gasteiger partial charge in [-0.25, -0.2) is 4.98 Å². The maximum Gasteiger partial charge on any atom is 0.243 e. The highest BCUT2D eigenvalue weighted by Gasteiger charge is 2.30. The number of nitrogens with one attached hydrogen (secondary N) is 3. The van der Waals surface area contributed by atoms with Gasteiger partial charge in [0.1, 0.15) is 6.04 Å². The van der Waals surface area contributed by atoms with Crippen LogP contribution in [0.1, 0.15) is 37.6 Å². The van der Waals surface area contributed by atoms with Gasteiger partial charge in [-0.05, 0) is 49.5 Å². The van der Waals surface area contributed by atoms with E-state index in [2.05, 4.69) is 27.5 Å². The van der Waals surface area contributed by atoms with Crippen LogP contribution in [0.4, 0.5) is 0 Å². The number of fused-ring (bicyclic) bond motifs is 1. The molecule has 0 bridgehead atoms. The van der Waals surface area contributed by atoms with Crippen LogP contribution in [0.3, 0.4) is 0 Å². The zero-order chi connectivity index (χ0) is 24.5. The van der Waals surface area contributed by atoms with Gasteiger partial charge >= 0.3 is 0 Å². The first-order valence-electron chi connectivity index (χ1n) is 11.5. The smallest absolute Gasteiger partial charge is 0.243 e. The average Bonchev–Trinajstić information content (AvgIpc) is 3.23. The fourth-order valence-electron chi connectivity index (χ4n) is 3.93. The molecule has 34 heavy (non-hydrogen) atoms. The lowest BCUT2D eigenvalue weighted by Crippen LogP contribution is -2.55. The second-order valence-corrected chi connectivity index (χ2v) is 9.86. The molecule has 3 amide bonds. The van der Waals surface area contributed by atoms with Crippen molar-refractivity contribution >= 4 is 50.9 Å². The lowest BCUT2D eigenvalue weighted by atomic mass is 9.91. The number of rotatable bonds is 11. The first-order chi connectivity index (χ1) is 16.4. The van der Waals surface area contributed by atoms with Crippen LogP contribution in [0.15, 0.2) is 30.9 Å². The molecular weight excluding hydrogens is 476 g/mol. The first-order valence-corrected chi connectivity index (χ1v) is 12.7. The topological polar surface area (TPSA) is 109 Å². The van der Waals surface area contributed by atoms with Gasteiger partial charge in [0.05, 0.1) is 15.2 Å². The van der Waals surface area contributed by atoms with Crippen LogP contribution in [0, 0.1) is 5.92 Å². The molecule has 10 heteroatoms. The van der Waals surface area contributed by atoms with Crippen LogP contribution >= 0.6 is 22.9 Å². The van der Waals surface area contributed by atoms with Gasteiger partial charge in [-0.2, -0.15) is 0 Å². The van der Waals surface area contributed by atoms with E-state index in [0.717, 1.165) is 28.1 Å². The zero-order valence-electron chi connectivity index (χ0n) is 19.3. The largest absolute Gasteiger partial charge is 0.381 e. The Balaban J connectivity index is 1.77. The van der Waals surface area contributed by atoms with Gasteiger partial charge in [0.2, 0.25) is 17.7 Å². The van der Waals surface area contributed by atoms with Crippen molar-refractivity contribution in [3.05, 3.63) is 40.9 Å². The minimum atomic E-state index is -0.785. The molecule has 1 aliphatic rings. The molecule has 2 heterocycles. The van der Waals surface area contributed by atoms with Crippen molar-refractivity contribution in [2.24, 2.45) is 5.92 Å². The van der Waals surface area contributed by atoms with Gasteiger partial charge < -0.3 is 20.7 Å². The maximum absolute atomic E-state index is 13.4. The molecule has 1 saturated heterocycles. The van der Waals surface area contributed by atoms with Crippen molar-refractivity contribution in [2.75, 3.05) is 19.8 Å². The summed E-state index contributed by atoms with van der Waals surface area (Å²) in [4.78, 5) is 42.1. The third kappa shape index (κ3) is 7.51. The Morgan fingerprint density at radius 3 is 2.76 bits per heavy atom. The van der Waals surface area contributed by atoms with Crippen LogP contribution in [0.2, 0.25) is 5.02 Å². The number of carbonyl (C=O) groups is 3. The normalized spacial score (nSPS) is 15.9. The van der Waals surface area contributed by atoms with E-state index in [1.807, 2.05) is 19.1 Å². The predicted octanol–water partition coefficient (Wildman–Crippen LogP) is 2.99. The number of aromatic nitrogens is 1. The van der Waals surface area contributed by atoms with Gasteiger partial charge in [-0.1, -0.05) is 25.1 Å². The highest BCUT2D eigenvalue weighted by molar-refractivity contribution is 7.18. The average molecular weight is 507 g/mol. The van der Waals surface area contributed by atoms with Crippen molar-refractivity contribution in [1.82, 2.24) is 20.9 Å². The van der Waals surface area contributed by atoms with E-state index in [4.69, 9.17) is 16.3 Å². The molecule has 0 saturated carbocycles. The summed E-state index contributed by atoms with van der Waals surface area (Å²) < 4.78 is 6.38. The molecule has 1 fully saturated rings. The van der Waals surface area contributed by atoms with E-state index in [0.29, 0.717) is 31.1 Å². The highest BCUT2D eigenvalue weighted by atomic mass is 35.5. The Labute approximate surface area is 208 Å². The molecular formula is C24H31ClN4O4S. The van der Waals surface area contributed by atoms with Crippen molar-refractivity contribution in [2.45, 2.75) is 51.1 Å². The molecule has 3 rings (SSSR count). The number of amides is 3. The molecule has 2 aromatic rings. The van der Waals surface area contributed by atoms with Gasteiger partial charge in [0, 0.05) is 43.7 Å². The lowest BCUT2D eigenvalue weighted by Gasteiger charge is -2.32. The summed E-state index contributed by atoms with van der Waals surface area (Å²) in [7, 11) is 0. The number of thiazole rings is 1. The van der Waals surface area contributed by atoms with Crippen molar-refractivity contribution in [1.29, 1.82) is 0 Å². The number of halogens is 1. The van der Waals surface area contributed by atoms with E-state index in [-0.39, 0.29) is 42.6 Å². The maximum atomic E-state index is 13.4. The second-order valence-electron chi connectivity index (χ2n) is 8.31. The van der Waals surface area contributed by atoms with E-state index in [1.54, 1.807) is 6.07 Å². The quantitative estimate of drug-likeness (QED) is 0.406. The van der Waals surface area contributed by atoms with E-state index >= 15 is 0 Å². The fraction of sp³-hybridized carbons (Fsp3) is 0.500. The summed E-state index contributed by atoms with van der Waals surface area (Å²) in [5.74, 6) is -0.632. The van der Waals surface area contributed by atoms with Crippen molar-refractivity contribution in [3.63, 3.8) is 0 Å². The predicted molar refractivity (Wildman–Crippen MR) is 134 cm³/mol. The summed E-state index contributed by atoms with van der Waals surface area (Å²) in [6.45, 7) is 6.88. The standard InChI is InChI=1S/C24H31ClN4O4S/c1-3-5-22(31)27-18(13-23-28-17-7-6-16(25)12-20(17)34-23)24(32)29-19(14-26-21(30)4-2)15-8-10-33-11-9-15/h4,6-7,12,15,18-19H,2-3,5,8-11,13-14H2,1H3,(H,26,30)(H,27,31)(H,29,32)/t18-,19+/m0/s1. The molecule has 0 radical (unpaired) electrons. The third-order valence-corrected chi connectivity index (χ3v) is 7.02. The number of carbonyl (C=O) groups excluding carboxylic acids is 3. The minimum Gasteiger partial charge on any atom is -0.381 e. The molecule has 3 N–H and O–H groups in total. The molecule has 1 aliphatic heterocycles. The molecule has 184 valence electrons. The Bertz CT molecular complexity index is 1020. The van der Waals surface area contributed by atoms with Gasteiger partial charge in [-0.15, -0.1) is 11.3 Å². The Kier molecular flexibility index (Phi) is 9.86. The first kappa shape index (κ1) is 26.1. The molecule has 0 aliphatic carbocycles. The molecule has 1 aromatic carbocycles. The zero-order valence-corrected chi connectivity index (χ0v) is 20.8. The Morgan fingerprint density at radius 1 is 1.29 bits per heavy atom. The van der Waals surface area contributed by atoms with Crippen LogP contribution in [-0.2, 0) is 25.5 Å². The Morgan fingerprint density at radius 2 is 2.06 bits per heavy atom. The summed E-state index contributed by atoms with van der Waals surface area (Å²) in [6, 6.07) is 4.38. The molecule has 2 atom stereocenters. The minimum absolute atomic E-state index is 0.152. The number of benzene rings is 1. The van der Waals surface area contributed by atoms with Crippen molar-refractivity contribution in [3.8, 4) is 0 Å². The summed E-state index contributed by atoms with van der Waals surface area (Å²) in [5, 5.41) is 10.1. The number of ether oxygens (including phenoxy) is 1. The highest BCUT2D eigenvalue weighted by Crippen LogP contribution is 2.26. The summed E-state index contributed by atoms with van der Waals surface area (Å²) >= 11 is 7.54. The van der Waals surface area contributed by atoms with Crippen LogP contribution in [0.25, 0.3) is 10.2 Å². The van der Waals surface area contributed by atoms with Crippen molar-refractivity contribution < 1.29 is 19.1 Å². The SMILES string of the molecule is C=CC(=O)NC[C@@H](NC(=O)[C@H](Cc1nc2ccc(Cl)cc2s1)NC(=O)CCC)C1CCOCC1. The van der Waals surface area contributed by atoms with Crippen LogP contribution in [0.5, 0.6) is 0 Å². The van der Waals surface area contributed by atoms with E-state index in [9.17, 15) is 14.4 Å². The summed E-state index contributed by atoms with van der Waals surface area (Å²) in [6.07, 6.45) is 4.03. The molecule has 0 unspecified atom stereocenters. The van der Waals surface area contributed by atoms with Crippen LogP contribution < -0.4 is 16.0 Å². The lowest BCUT2D eigenvalue weighted by molar-refractivity contribution is -0.130.